The lowest BCUT2D eigenvalue weighted by Gasteiger charge is -2.07. The van der Waals surface area contributed by atoms with Gasteiger partial charge >= 0.3 is 0 Å². The van der Waals surface area contributed by atoms with Gasteiger partial charge in [-0.2, -0.15) is 0 Å². The Balaban J connectivity index is 1.38. The maximum absolute atomic E-state index is 6.50. The van der Waals surface area contributed by atoms with Crippen molar-refractivity contribution < 1.29 is 0 Å². The number of nitrogens with one attached hydrogen (secondary N) is 1. The number of nitrogens with two attached hydrogens (primary N) is 1. The Kier molecular flexibility index (Phi) is 12.9. The number of hydrazine groups is 1. The third-order valence-corrected chi connectivity index (χ3v) is 8.13. The first-order chi connectivity index (χ1) is 17.2. The van der Waals surface area contributed by atoms with Crippen LogP contribution in [0.4, 0.5) is 5.00 Å². The highest BCUT2D eigenvalue weighted by atomic mass is 35.5. The molecule has 0 atom stereocenters. The molecule has 0 radical (unpaired) electrons. The number of unbranched alkanes of at least 4 members (excludes halogenated alkanes) is 13. The van der Waals surface area contributed by atoms with Crippen LogP contribution in [0.15, 0.2) is 40.3 Å². The standard InChI is InChI=1S/C29H43ClN4S/c1-2-3-4-5-6-7-8-9-10-11-12-13-14-15-18-23-21-25-28(24-19-16-17-20-26(24)30)32-22-27(34-31)33-29(25)35-23/h16-17,19-21H,2-15,18,22,31H2,1H3,(H,33,34). The number of thiophene rings is 1. The summed E-state index contributed by atoms with van der Waals surface area (Å²) in [6.07, 6.45) is 20.5. The Morgan fingerprint density at radius 2 is 1.46 bits per heavy atom. The van der Waals surface area contributed by atoms with E-state index in [4.69, 9.17) is 27.4 Å². The Morgan fingerprint density at radius 1 is 0.857 bits per heavy atom. The third-order valence-electron chi connectivity index (χ3n) is 6.71. The number of fused-ring (bicyclic) bond motifs is 1. The van der Waals surface area contributed by atoms with E-state index in [0.29, 0.717) is 17.4 Å². The molecule has 0 saturated carbocycles. The Labute approximate surface area is 221 Å². The number of amidine groups is 1. The number of hydrogen-bond acceptors (Lipinski definition) is 5. The van der Waals surface area contributed by atoms with Crippen LogP contribution in [0.3, 0.4) is 0 Å². The second kappa shape index (κ2) is 16.1. The summed E-state index contributed by atoms with van der Waals surface area (Å²) in [7, 11) is 0. The van der Waals surface area contributed by atoms with Gasteiger partial charge in [0.05, 0.1) is 12.3 Å². The van der Waals surface area contributed by atoms with Crippen LogP contribution in [0, 0.1) is 0 Å². The number of hydrogen-bond donors (Lipinski definition) is 2. The van der Waals surface area contributed by atoms with Crippen LogP contribution in [-0.4, -0.2) is 18.1 Å². The molecule has 0 spiro atoms. The number of aliphatic imine (C=N–C) groups is 2. The van der Waals surface area contributed by atoms with Crippen LogP contribution in [0.1, 0.15) is 113 Å². The molecule has 1 aliphatic heterocycles. The quantitative estimate of drug-likeness (QED) is 0.133. The summed E-state index contributed by atoms with van der Waals surface area (Å²) in [5, 5.41) is 1.68. The van der Waals surface area contributed by atoms with Gasteiger partial charge in [0.2, 0.25) is 0 Å². The van der Waals surface area contributed by atoms with Gasteiger partial charge in [0.15, 0.2) is 0 Å². The molecule has 1 aromatic heterocycles. The van der Waals surface area contributed by atoms with Crippen molar-refractivity contribution in [2.45, 2.75) is 103 Å². The van der Waals surface area contributed by atoms with Crippen molar-refractivity contribution in [1.29, 1.82) is 0 Å². The van der Waals surface area contributed by atoms with E-state index in [-0.39, 0.29) is 0 Å². The molecule has 0 bridgehead atoms. The fraction of sp³-hybridized carbons (Fsp3) is 0.586. The Morgan fingerprint density at radius 3 is 2.06 bits per heavy atom. The van der Waals surface area contributed by atoms with Gasteiger partial charge in [-0.15, -0.1) is 11.3 Å². The largest absolute Gasteiger partial charge is 0.310 e. The molecule has 0 aliphatic carbocycles. The van der Waals surface area contributed by atoms with E-state index in [1.165, 1.54) is 94.8 Å². The zero-order valence-electron chi connectivity index (χ0n) is 21.5. The molecule has 0 unspecified atom stereocenters. The van der Waals surface area contributed by atoms with Crippen LogP contribution >= 0.6 is 22.9 Å². The van der Waals surface area contributed by atoms with E-state index in [1.54, 1.807) is 11.3 Å². The van der Waals surface area contributed by atoms with Gasteiger partial charge in [0.25, 0.3) is 0 Å². The van der Waals surface area contributed by atoms with Crippen molar-refractivity contribution in [2.75, 3.05) is 6.54 Å². The van der Waals surface area contributed by atoms with Gasteiger partial charge in [0, 0.05) is 21.0 Å². The van der Waals surface area contributed by atoms with Crippen molar-refractivity contribution >= 4 is 39.5 Å². The zero-order chi connectivity index (χ0) is 24.7. The van der Waals surface area contributed by atoms with E-state index in [1.807, 2.05) is 24.3 Å². The topological polar surface area (TPSA) is 62.8 Å². The second-order valence-corrected chi connectivity index (χ2v) is 11.1. The molecule has 1 aromatic carbocycles. The van der Waals surface area contributed by atoms with Crippen molar-refractivity contribution in [1.82, 2.24) is 5.43 Å². The SMILES string of the molecule is CCCCCCCCCCCCCCCCc1cc2c(s1)N=C(NN)CN=C2c1ccccc1Cl. The number of halogens is 1. The summed E-state index contributed by atoms with van der Waals surface area (Å²) in [4.78, 5) is 10.9. The monoisotopic (exact) mass is 514 g/mol. The lowest BCUT2D eigenvalue weighted by Crippen LogP contribution is -2.32. The predicted molar refractivity (Wildman–Crippen MR) is 155 cm³/mol. The minimum atomic E-state index is 0.423. The maximum Gasteiger partial charge on any atom is 0.139 e. The van der Waals surface area contributed by atoms with Gasteiger partial charge in [0.1, 0.15) is 10.8 Å². The van der Waals surface area contributed by atoms with Gasteiger partial charge in [-0.1, -0.05) is 120 Å². The molecule has 0 fully saturated rings. The van der Waals surface area contributed by atoms with E-state index in [9.17, 15) is 0 Å². The highest BCUT2D eigenvalue weighted by Gasteiger charge is 2.20. The molecule has 3 N–H and O–H groups in total. The lowest BCUT2D eigenvalue weighted by molar-refractivity contribution is 0.536. The van der Waals surface area contributed by atoms with Crippen LogP contribution < -0.4 is 11.3 Å². The van der Waals surface area contributed by atoms with E-state index in [2.05, 4.69) is 18.4 Å². The number of nitrogens with zero attached hydrogens (tertiary/aromatic N) is 2. The van der Waals surface area contributed by atoms with Gasteiger partial charge in [-0.25, -0.2) is 10.8 Å². The van der Waals surface area contributed by atoms with Crippen molar-refractivity contribution in [2.24, 2.45) is 15.8 Å². The van der Waals surface area contributed by atoms with Gasteiger partial charge < -0.3 is 5.43 Å². The van der Waals surface area contributed by atoms with Crippen LogP contribution in [0.2, 0.25) is 5.02 Å². The first-order valence-corrected chi connectivity index (χ1v) is 14.9. The predicted octanol–water partition coefficient (Wildman–Crippen LogP) is 8.77. The first-order valence-electron chi connectivity index (χ1n) is 13.7. The van der Waals surface area contributed by atoms with Crippen LogP contribution in [0.25, 0.3) is 0 Å². The maximum atomic E-state index is 6.50. The van der Waals surface area contributed by atoms with Gasteiger partial charge in [-0.3, -0.25) is 4.99 Å². The number of rotatable bonds is 16. The summed E-state index contributed by atoms with van der Waals surface area (Å²) >= 11 is 8.25. The molecule has 0 saturated heterocycles. The third kappa shape index (κ3) is 9.36. The van der Waals surface area contributed by atoms with Crippen molar-refractivity contribution in [3.63, 3.8) is 0 Å². The molecule has 192 valence electrons. The van der Waals surface area contributed by atoms with Crippen LogP contribution in [0.5, 0.6) is 0 Å². The van der Waals surface area contributed by atoms with E-state index >= 15 is 0 Å². The summed E-state index contributed by atoms with van der Waals surface area (Å²) in [6.45, 7) is 2.71. The number of aryl methyl sites for hydroxylation is 1. The first kappa shape index (κ1) is 27.9. The molecule has 2 aromatic rings. The zero-order valence-corrected chi connectivity index (χ0v) is 23.0. The van der Waals surface area contributed by atoms with Crippen molar-refractivity contribution in [3.8, 4) is 0 Å². The highest BCUT2D eigenvalue weighted by molar-refractivity contribution is 7.16. The molecule has 0 amide bonds. The number of benzene rings is 1. The normalized spacial score (nSPS) is 13.2. The average molecular weight is 515 g/mol. The molecule has 3 rings (SSSR count). The highest BCUT2D eigenvalue weighted by Crippen LogP contribution is 2.36. The van der Waals surface area contributed by atoms with Crippen LogP contribution in [-0.2, 0) is 6.42 Å². The molecule has 4 nitrogen and oxygen atoms in total. The molecule has 2 heterocycles. The second-order valence-electron chi connectivity index (χ2n) is 9.63. The molecule has 35 heavy (non-hydrogen) atoms. The lowest BCUT2D eigenvalue weighted by atomic mass is 10.0. The Hall–Kier alpha value is -1.69. The fourth-order valence-corrected chi connectivity index (χ4v) is 5.98. The van der Waals surface area contributed by atoms with Crippen molar-refractivity contribution in [3.05, 3.63) is 51.4 Å². The Bertz CT molecular complexity index is 950. The summed E-state index contributed by atoms with van der Waals surface area (Å²) in [5.41, 5.74) is 5.61. The molecule has 6 heteroatoms. The summed E-state index contributed by atoms with van der Waals surface area (Å²) in [6, 6.07) is 10.1. The minimum absolute atomic E-state index is 0.423. The van der Waals surface area contributed by atoms with E-state index in [0.717, 1.165) is 28.3 Å². The average Bonchev–Trinajstić information content (AvgIpc) is 3.18. The van der Waals surface area contributed by atoms with E-state index < -0.39 is 0 Å². The molecular formula is C29H43ClN4S. The summed E-state index contributed by atoms with van der Waals surface area (Å²) in [5.74, 6) is 6.35. The van der Waals surface area contributed by atoms with Gasteiger partial charge in [-0.05, 0) is 25.0 Å². The fourth-order valence-electron chi connectivity index (χ4n) is 4.66. The smallest absolute Gasteiger partial charge is 0.139 e. The summed E-state index contributed by atoms with van der Waals surface area (Å²) < 4.78 is 0. The molecule has 1 aliphatic rings. The molecular weight excluding hydrogens is 472 g/mol. The minimum Gasteiger partial charge on any atom is -0.310 e.